The summed E-state index contributed by atoms with van der Waals surface area (Å²) in [7, 11) is 0. The van der Waals surface area contributed by atoms with Crippen molar-refractivity contribution in [1.29, 1.82) is 0 Å². The molecule has 4 heteroatoms. The topological polar surface area (TPSA) is 72.0 Å². The summed E-state index contributed by atoms with van der Waals surface area (Å²) >= 11 is 0. The fourth-order valence-corrected chi connectivity index (χ4v) is 3.96. The summed E-state index contributed by atoms with van der Waals surface area (Å²) in [6.45, 7) is 4.15. The SMILES string of the molecule is CCCC(O)c1ccc(CCc2ccnc3c(N)nc4cc(C)ccc4c23)cc1. The summed E-state index contributed by atoms with van der Waals surface area (Å²) in [6, 6.07) is 16.7. The molecule has 1 unspecified atom stereocenters. The van der Waals surface area contributed by atoms with E-state index in [1.807, 2.05) is 18.3 Å². The number of nitrogens with two attached hydrogens (primary N) is 1. The minimum atomic E-state index is -0.372. The number of aryl methyl sites for hydroxylation is 3. The highest BCUT2D eigenvalue weighted by molar-refractivity contribution is 6.09. The van der Waals surface area contributed by atoms with Gasteiger partial charge < -0.3 is 10.8 Å². The Kier molecular flexibility index (Phi) is 5.45. The number of hydrogen-bond acceptors (Lipinski definition) is 4. The van der Waals surface area contributed by atoms with Crippen LogP contribution in [0.3, 0.4) is 0 Å². The van der Waals surface area contributed by atoms with Gasteiger partial charge in [0.25, 0.3) is 0 Å². The monoisotopic (exact) mass is 385 g/mol. The van der Waals surface area contributed by atoms with Crippen molar-refractivity contribution in [3.8, 4) is 0 Å². The Hall–Kier alpha value is -2.98. The van der Waals surface area contributed by atoms with Crippen LogP contribution in [0, 0.1) is 6.92 Å². The van der Waals surface area contributed by atoms with E-state index in [2.05, 4.69) is 60.2 Å². The van der Waals surface area contributed by atoms with E-state index in [0.29, 0.717) is 5.82 Å². The molecule has 0 spiro atoms. The molecule has 0 aliphatic carbocycles. The average Bonchev–Trinajstić information content (AvgIpc) is 2.72. The zero-order chi connectivity index (χ0) is 20.4. The molecule has 4 aromatic rings. The fraction of sp³-hybridized carbons (Fsp3) is 0.280. The Morgan fingerprint density at radius 1 is 1.03 bits per heavy atom. The number of fused-ring (bicyclic) bond motifs is 3. The quantitative estimate of drug-likeness (QED) is 0.442. The molecule has 0 radical (unpaired) electrons. The Morgan fingerprint density at radius 3 is 2.59 bits per heavy atom. The van der Waals surface area contributed by atoms with Gasteiger partial charge in [0.2, 0.25) is 0 Å². The Balaban J connectivity index is 1.65. The number of anilines is 1. The lowest BCUT2D eigenvalue weighted by Gasteiger charge is -2.12. The highest BCUT2D eigenvalue weighted by Gasteiger charge is 2.12. The van der Waals surface area contributed by atoms with Crippen LogP contribution in [0.4, 0.5) is 5.82 Å². The predicted molar refractivity (Wildman–Crippen MR) is 120 cm³/mol. The molecule has 0 amide bonds. The molecule has 4 rings (SSSR count). The van der Waals surface area contributed by atoms with Gasteiger partial charge in [-0.1, -0.05) is 49.7 Å². The van der Waals surface area contributed by atoms with Crippen molar-refractivity contribution >= 4 is 27.6 Å². The number of aliphatic hydroxyl groups excluding tert-OH is 1. The second-order valence-corrected chi connectivity index (χ2v) is 7.76. The van der Waals surface area contributed by atoms with Gasteiger partial charge in [-0.05, 0) is 60.6 Å². The van der Waals surface area contributed by atoms with Gasteiger partial charge in [-0.15, -0.1) is 0 Å². The van der Waals surface area contributed by atoms with Gasteiger partial charge in [-0.2, -0.15) is 0 Å². The molecule has 29 heavy (non-hydrogen) atoms. The lowest BCUT2D eigenvalue weighted by atomic mass is 9.97. The van der Waals surface area contributed by atoms with Gasteiger partial charge in [0.1, 0.15) is 5.52 Å². The number of pyridine rings is 2. The Morgan fingerprint density at radius 2 is 1.83 bits per heavy atom. The molecule has 0 fully saturated rings. The van der Waals surface area contributed by atoms with E-state index in [1.165, 1.54) is 16.7 Å². The molecule has 0 aliphatic rings. The second-order valence-electron chi connectivity index (χ2n) is 7.76. The first kappa shape index (κ1) is 19.3. The number of benzene rings is 2. The first-order valence-electron chi connectivity index (χ1n) is 10.3. The number of hydrogen-bond donors (Lipinski definition) is 2. The van der Waals surface area contributed by atoms with E-state index in [-0.39, 0.29) is 6.10 Å². The van der Waals surface area contributed by atoms with Gasteiger partial charge in [0.05, 0.1) is 11.6 Å². The van der Waals surface area contributed by atoms with E-state index in [1.54, 1.807) is 0 Å². The highest BCUT2D eigenvalue weighted by atomic mass is 16.3. The van der Waals surface area contributed by atoms with Crippen molar-refractivity contribution in [3.05, 3.63) is 77.0 Å². The molecule has 0 aliphatic heterocycles. The van der Waals surface area contributed by atoms with Crippen LogP contribution in [-0.4, -0.2) is 15.1 Å². The number of aromatic nitrogens is 2. The molecule has 2 heterocycles. The van der Waals surface area contributed by atoms with Gasteiger partial charge >= 0.3 is 0 Å². The van der Waals surface area contributed by atoms with Gasteiger partial charge in [-0.3, -0.25) is 4.98 Å². The summed E-state index contributed by atoms with van der Waals surface area (Å²) < 4.78 is 0. The molecular formula is C25H27N3O. The zero-order valence-electron chi connectivity index (χ0n) is 17.0. The maximum absolute atomic E-state index is 10.2. The fourth-order valence-electron chi connectivity index (χ4n) is 3.96. The molecule has 2 aromatic carbocycles. The molecular weight excluding hydrogens is 358 g/mol. The van der Waals surface area contributed by atoms with E-state index >= 15 is 0 Å². The van der Waals surface area contributed by atoms with E-state index in [0.717, 1.165) is 53.1 Å². The van der Waals surface area contributed by atoms with Crippen molar-refractivity contribution in [2.24, 2.45) is 0 Å². The van der Waals surface area contributed by atoms with Gasteiger partial charge in [0, 0.05) is 17.0 Å². The largest absolute Gasteiger partial charge is 0.388 e. The molecule has 4 nitrogen and oxygen atoms in total. The van der Waals surface area contributed by atoms with Crippen LogP contribution in [0.5, 0.6) is 0 Å². The maximum Gasteiger partial charge on any atom is 0.150 e. The Labute approximate surface area is 171 Å². The third kappa shape index (κ3) is 3.94. The minimum absolute atomic E-state index is 0.372. The van der Waals surface area contributed by atoms with Crippen molar-refractivity contribution < 1.29 is 5.11 Å². The van der Waals surface area contributed by atoms with Crippen molar-refractivity contribution in [3.63, 3.8) is 0 Å². The summed E-state index contributed by atoms with van der Waals surface area (Å²) in [5.74, 6) is 0.481. The number of rotatable bonds is 6. The lowest BCUT2D eigenvalue weighted by molar-refractivity contribution is 0.166. The summed E-state index contributed by atoms with van der Waals surface area (Å²) in [5.41, 5.74) is 12.6. The van der Waals surface area contributed by atoms with Crippen LogP contribution in [0.2, 0.25) is 0 Å². The van der Waals surface area contributed by atoms with Crippen LogP contribution in [-0.2, 0) is 12.8 Å². The summed E-state index contributed by atoms with van der Waals surface area (Å²) in [4.78, 5) is 9.06. The smallest absolute Gasteiger partial charge is 0.150 e. The van der Waals surface area contributed by atoms with Crippen LogP contribution in [0.1, 0.15) is 48.1 Å². The number of nitrogens with zero attached hydrogens (tertiary/aromatic N) is 2. The Bertz CT molecular complexity index is 1150. The van der Waals surface area contributed by atoms with Crippen LogP contribution in [0.25, 0.3) is 21.8 Å². The number of nitrogen functional groups attached to an aromatic ring is 1. The third-order valence-electron chi connectivity index (χ3n) is 5.55. The third-order valence-corrected chi connectivity index (χ3v) is 5.55. The predicted octanol–water partition coefficient (Wildman–Crippen LogP) is 5.29. The van der Waals surface area contributed by atoms with Crippen LogP contribution < -0.4 is 5.73 Å². The molecule has 148 valence electrons. The average molecular weight is 386 g/mol. The summed E-state index contributed by atoms with van der Waals surface area (Å²) in [5, 5.41) is 12.4. The molecule has 3 N–H and O–H groups in total. The van der Waals surface area contributed by atoms with Gasteiger partial charge in [0.15, 0.2) is 5.82 Å². The highest BCUT2D eigenvalue weighted by Crippen LogP contribution is 2.30. The molecule has 0 saturated carbocycles. The normalized spacial score (nSPS) is 12.5. The van der Waals surface area contributed by atoms with E-state index in [4.69, 9.17) is 5.73 Å². The summed E-state index contributed by atoms with van der Waals surface area (Å²) in [6.07, 6.45) is 5.03. The molecule has 2 aromatic heterocycles. The van der Waals surface area contributed by atoms with Crippen molar-refractivity contribution in [2.75, 3.05) is 5.73 Å². The van der Waals surface area contributed by atoms with E-state index in [9.17, 15) is 5.11 Å². The van der Waals surface area contributed by atoms with Gasteiger partial charge in [-0.25, -0.2) is 4.98 Å². The maximum atomic E-state index is 10.2. The molecule has 0 saturated heterocycles. The van der Waals surface area contributed by atoms with Crippen LogP contribution in [0.15, 0.2) is 54.7 Å². The first-order chi connectivity index (χ1) is 14.1. The standard InChI is InChI=1S/C25H27N3O/c1-3-4-22(29)18-9-6-17(7-10-18)8-11-19-13-14-27-24-23(19)20-12-5-16(2)15-21(20)28-25(24)26/h5-7,9-10,12-15,22,29H,3-4,8,11H2,1-2H3,(H2,26,28). The van der Waals surface area contributed by atoms with Crippen molar-refractivity contribution in [2.45, 2.75) is 45.6 Å². The minimum Gasteiger partial charge on any atom is -0.388 e. The zero-order valence-corrected chi connectivity index (χ0v) is 17.0. The van der Waals surface area contributed by atoms with Crippen LogP contribution >= 0.6 is 0 Å². The lowest BCUT2D eigenvalue weighted by Crippen LogP contribution is -2.00. The number of aliphatic hydroxyl groups is 1. The molecule has 1 atom stereocenters. The second kappa shape index (κ2) is 8.18. The van der Waals surface area contributed by atoms with E-state index < -0.39 is 0 Å². The van der Waals surface area contributed by atoms with Crippen molar-refractivity contribution in [1.82, 2.24) is 9.97 Å². The molecule has 0 bridgehead atoms. The first-order valence-corrected chi connectivity index (χ1v) is 10.3.